The van der Waals surface area contributed by atoms with Crippen LogP contribution in [0.4, 0.5) is 0 Å². The summed E-state index contributed by atoms with van der Waals surface area (Å²) in [7, 11) is -1.37. The number of allylic oxidation sites excluding steroid dienone is 2. The largest absolute Gasteiger partial charge is 0.512 e. The number of ketones is 1. The fourth-order valence-electron chi connectivity index (χ4n) is 19.1. The summed E-state index contributed by atoms with van der Waals surface area (Å²) >= 11 is 16.1. The van der Waals surface area contributed by atoms with Crippen molar-refractivity contribution in [3.8, 4) is 56.2 Å². The molecule has 0 bridgehead atoms. The predicted octanol–water partition coefficient (Wildman–Crippen LogP) is 33.5. The molecule has 148 heavy (non-hydrogen) atoms. The van der Waals surface area contributed by atoms with Gasteiger partial charge in [0.2, 0.25) is 0 Å². The van der Waals surface area contributed by atoms with E-state index in [1.165, 1.54) is 288 Å². The molecule has 1 aliphatic carbocycles. The van der Waals surface area contributed by atoms with Crippen LogP contribution in [-0.4, -0.2) is 137 Å². The van der Waals surface area contributed by atoms with Crippen LogP contribution in [0, 0.1) is 6.07 Å². The molecule has 0 radical (unpaired) electrons. The van der Waals surface area contributed by atoms with Crippen molar-refractivity contribution in [3.63, 3.8) is 0 Å². The molecule has 0 spiro atoms. The topological polar surface area (TPSA) is 179 Å². The number of benzene rings is 7. The molecule has 0 unspecified atom stereocenters. The quantitative estimate of drug-likeness (QED) is 0.0125. The Bertz CT molecular complexity index is 4680. The molecule has 8 aromatic rings. The number of nitrogens with zero attached hydrogens (tertiary/aromatic N) is 1. The second-order valence-electron chi connectivity index (χ2n) is 40.0. The average molecular weight is 2490 g/mol. The van der Waals surface area contributed by atoms with Crippen LogP contribution in [0.2, 0.25) is 0 Å². The summed E-state index contributed by atoms with van der Waals surface area (Å²) in [5.74, 6) is 5.14. The molecule has 5 aliphatic rings. The van der Waals surface area contributed by atoms with Gasteiger partial charge in [0, 0.05) is 112 Å². The molecule has 0 amide bonds. The van der Waals surface area contributed by atoms with Crippen molar-refractivity contribution < 1.29 is 96.6 Å². The molecule has 1 aromatic heterocycles. The van der Waals surface area contributed by atoms with E-state index in [1.54, 1.807) is 11.3 Å². The normalized spacial score (nSPS) is 14.2. The Kier molecular flexibility index (Phi) is 68.4. The number of thiazole rings is 1. The zero-order valence-corrected chi connectivity index (χ0v) is 101. The van der Waals surface area contributed by atoms with Crippen LogP contribution in [0.15, 0.2) is 151 Å². The summed E-state index contributed by atoms with van der Waals surface area (Å²) in [6, 6.07) is 45.4. The van der Waals surface area contributed by atoms with E-state index in [-0.39, 0.29) is 52.3 Å². The fraction of sp³-hybridized carbons (Fsp3) is 0.620. The summed E-state index contributed by atoms with van der Waals surface area (Å²) in [4.78, 5) is 16.0. The van der Waals surface area contributed by atoms with Crippen LogP contribution < -0.4 is 50.3 Å². The van der Waals surface area contributed by atoms with Crippen molar-refractivity contribution in [3.05, 3.63) is 168 Å². The summed E-state index contributed by atoms with van der Waals surface area (Å²) in [5, 5.41) is 10.1. The van der Waals surface area contributed by atoms with Gasteiger partial charge in [-0.3, -0.25) is 9.78 Å². The van der Waals surface area contributed by atoms with Crippen LogP contribution in [0.5, 0.6) is 34.5 Å². The summed E-state index contributed by atoms with van der Waals surface area (Å²) in [5.41, 5.74) is 12.1. The Hall–Kier alpha value is -5.01. The third-order valence-electron chi connectivity index (χ3n) is 27.5. The molecule has 17 nitrogen and oxygen atoms in total. The van der Waals surface area contributed by atoms with Crippen molar-refractivity contribution in [1.29, 1.82) is 0 Å². The fourth-order valence-corrected chi connectivity index (χ4v) is 21.8. The van der Waals surface area contributed by atoms with Crippen molar-refractivity contribution in [2.24, 2.45) is 0 Å². The molecule has 0 saturated carbocycles. The summed E-state index contributed by atoms with van der Waals surface area (Å²) in [6.45, 7) is 27.4. The van der Waals surface area contributed by atoms with Gasteiger partial charge < -0.3 is 70.8 Å². The maximum absolute atomic E-state index is 11.4. The van der Waals surface area contributed by atoms with Crippen molar-refractivity contribution >= 4 is 141 Å². The molecule has 4 fully saturated rings. The summed E-state index contributed by atoms with van der Waals surface area (Å²) in [6.07, 6.45) is 63.7. The van der Waals surface area contributed by atoms with Gasteiger partial charge in [-0.25, -0.2) is 0 Å². The first-order chi connectivity index (χ1) is 72.1. The van der Waals surface area contributed by atoms with Gasteiger partial charge in [-0.2, -0.15) is 11.3 Å². The SMILES string of the molecule is CCCCCCCCC1(CCCCCCC)c2cc(B3OCCCO3)ccc2-c2ccc(B3OCCCO3)cc21.CCCCCCCCOc1cc(B2OCCCO2)c(OCCCCCCCC)cc1B1OCCCO1.CCCCCCCCOc1cc(Br)c(OCCCCCCCC)cc1Br.CCCCOc1cc(Br)c(OCCCCCCCCCCC(=O)C=C(C)O)cc1Br.[Pt].[c-]1ccccc1-c1nc2ccccc2s1. The minimum absolute atomic E-state index is 0. The Morgan fingerprint density at radius 2 is 0.669 bits per heavy atom. The first kappa shape index (κ1) is 128. The van der Waals surface area contributed by atoms with Crippen LogP contribution in [-0.2, 0) is 68.5 Å². The third kappa shape index (κ3) is 48.0. The van der Waals surface area contributed by atoms with E-state index >= 15 is 0 Å². The number of aromatic nitrogens is 1. The van der Waals surface area contributed by atoms with Gasteiger partial charge >= 0.3 is 28.5 Å². The van der Waals surface area contributed by atoms with Gasteiger partial charge in [0.05, 0.1) is 68.8 Å². The number of rotatable bonds is 67. The van der Waals surface area contributed by atoms with Crippen LogP contribution in [0.3, 0.4) is 0 Å². The van der Waals surface area contributed by atoms with Gasteiger partial charge in [0.25, 0.3) is 0 Å². The Balaban J connectivity index is 0.000000231. The van der Waals surface area contributed by atoms with E-state index in [9.17, 15) is 4.79 Å². The Labute approximate surface area is 946 Å². The number of hydrogen-bond acceptors (Lipinski definition) is 18. The van der Waals surface area contributed by atoms with Crippen LogP contribution >= 0.6 is 75.1 Å². The molecule has 4 saturated heterocycles. The predicted molar refractivity (Wildman–Crippen MR) is 630 cm³/mol. The van der Waals surface area contributed by atoms with E-state index in [1.807, 2.05) is 78.9 Å². The first-order valence-corrected chi connectivity index (χ1v) is 61.5. The second-order valence-corrected chi connectivity index (χ2v) is 44.5. The smallest absolute Gasteiger partial charge is 0.497 e. The van der Waals surface area contributed by atoms with Crippen LogP contribution in [0.1, 0.15) is 400 Å². The zero-order chi connectivity index (χ0) is 104. The maximum atomic E-state index is 11.4. The third-order valence-corrected chi connectivity index (χ3v) is 31.1. The number of fused-ring (bicyclic) bond motifs is 4. The molecular weight excluding hydrogens is 2310 g/mol. The monoisotopic (exact) mass is 2490 g/mol. The standard InChI is InChI=1S/C34H50B2O4.C28H48B2O6.C24H36Br2O4.C22H36Br2O2.C13H8NS.Pt/c1-3-5-7-9-11-13-21-34(20-12-10-8-6-4-2)32-26-28(35-37-22-14-23-38-35)16-18-30(32)31-19-17-29(27-33(31)34)36-39-24-15-25-40-36;1-3-5-7-9-11-13-17-31-27-23-26(30-35-21-16-22-36-30)28(32-18-14-12-10-8-6-4-2)24-25(27)29-33-19-15-20-34-29;1-3-4-14-29-23-17-22(26)24(18-21(23)25)30-15-12-10-8-6-5-7-9-11-13-20(28)16-19(2)27;1-3-5-7-9-11-13-15-25-21-17-20(24)22(18-19(21)23)26-16-14-12-10-8-6-4-2;1-2-6-10(7-3-1)13-14-11-8-4-5-9-12(11)15-13;/h16-19,26-27H,3-15,20-25H2,1-2H3;23-24H,3-22H2,1-2H3;16-18,27H,3-15H2,1-2H3;17-18H,3-16H2,1-2H3;1-6,8-9H;/q;;;;-1;. The molecule has 1 N–H and O–H groups in total. The van der Waals surface area contributed by atoms with Crippen molar-refractivity contribution in [2.75, 3.05) is 92.5 Å². The Morgan fingerprint density at radius 3 is 1.00 bits per heavy atom. The van der Waals surface area contributed by atoms with Gasteiger partial charge in [0.15, 0.2) is 5.78 Å². The van der Waals surface area contributed by atoms with Gasteiger partial charge in [0.1, 0.15) is 34.5 Å². The van der Waals surface area contributed by atoms with E-state index in [0.29, 0.717) is 52.7 Å². The van der Waals surface area contributed by atoms with E-state index in [0.717, 1.165) is 216 Å². The molecule has 13 rings (SSSR count). The minimum atomic E-state index is -0.433. The number of carbonyl (C=O) groups is 1. The number of unbranched alkanes of at least 4 members (excludes halogenated alkanes) is 37. The molecular formula is C121H178B4Br4NO16PtS-. The number of carbonyl (C=O) groups excluding carboxylic acids is 1. The van der Waals surface area contributed by atoms with E-state index < -0.39 is 14.2 Å². The number of para-hydroxylation sites is 1. The number of hydrogen-bond donors (Lipinski definition) is 1. The van der Waals surface area contributed by atoms with Gasteiger partial charge in [-0.1, -0.05) is 341 Å². The number of aliphatic hydroxyl groups excluding tert-OH is 1. The molecule has 27 heteroatoms. The number of ether oxygens (including phenoxy) is 6. The van der Waals surface area contributed by atoms with E-state index in [4.69, 9.17) is 70.8 Å². The van der Waals surface area contributed by atoms with Crippen molar-refractivity contribution in [1.82, 2.24) is 4.98 Å². The summed E-state index contributed by atoms with van der Waals surface area (Å²) < 4.78 is 89.4. The minimum Gasteiger partial charge on any atom is -0.512 e. The van der Waals surface area contributed by atoms with Gasteiger partial charge in [-0.05, 0) is 236 Å². The van der Waals surface area contributed by atoms with Crippen molar-refractivity contribution in [2.45, 2.75) is 395 Å². The molecule has 4 aliphatic heterocycles. The first-order valence-electron chi connectivity index (χ1n) is 57.5. The Morgan fingerprint density at radius 1 is 0.365 bits per heavy atom. The zero-order valence-electron chi connectivity index (χ0n) is 91.4. The number of aliphatic hydroxyl groups is 1. The van der Waals surface area contributed by atoms with Crippen LogP contribution in [0.25, 0.3) is 31.9 Å². The average Bonchev–Trinajstić information content (AvgIpc) is 1.56. The number of halogens is 4. The molecule has 820 valence electrons. The van der Waals surface area contributed by atoms with Gasteiger partial charge in [-0.15, -0.1) is 35.9 Å². The molecule has 0 atom stereocenters. The molecule has 5 heterocycles. The van der Waals surface area contributed by atoms with E-state index in [2.05, 4.69) is 166 Å². The second kappa shape index (κ2) is 79.0. The molecule has 7 aromatic carbocycles. The maximum Gasteiger partial charge on any atom is 0.497 e.